The SMILES string of the molecule is CC1(C)[C@@H](OCc2ccccc2)C[C@H]2C[C@H](O)[C@@H]1O2. The molecular weight excluding hydrogens is 240 g/mol. The van der Waals surface area contributed by atoms with Crippen LogP contribution in [-0.4, -0.2) is 29.5 Å². The molecule has 1 aromatic rings. The lowest BCUT2D eigenvalue weighted by Crippen LogP contribution is -2.49. The van der Waals surface area contributed by atoms with Gasteiger partial charge in [-0.05, 0) is 5.56 Å². The third-order valence-corrected chi connectivity index (χ3v) is 4.53. The van der Waals surface area contributed by atoms with Crippen LogP contribution < -0.4 is 0 Å². The predicted octanol–water partition coefficient (Wildman–Crippen LogP) is 2.52. The van der Waals surface area contributed by atoms with Crippen molar-refractivity contribution in [3.05, 3.63) is 35.9 Å². The van der Waals surface area contributed by atoms with E-state index in [-0.39, 0.29) is 29.8 Å². The Morgan fingerprint density at radius 3 is 2.74 bits per heavy atom. The second kappa shape index (κ2) is 4.89. The van der Waals surface area contributed by atoms with Gasteiger partial charge in [0.2, 0.25) is 0 Å². The molecular formula is C16H22O3. The summed E-state index contributed by atoms with van der Waals surface area (Å²) in [4.78, 5) is 0. The highest BCUT2D eigenvalue weighted by atomic mass is 16.5. The quantitative estimate of drug-likeness (QED) is 0.909. The lowest BCUT2D eigenvalue weighted by atomic mass is 9.77. The van der Waals surface area contributed by atoms with Gasteiger partial charge >= 0.3 is 0 Å². The smallest absolute Gasteiger partial charge is 0.0914 e. The molecule has 0 spiro atoms. The lowest BCUT2D eigenvalue weighted by Gasteiger charge is -2.43. The van der Waals surface area contributed by atoms with Crippen LogP contribution in [0.5, 0.6) is 0 Å². The monoisotopic (exact) mass is 262 g/mol. The average Bonchev–Trinajstić information content (AvgIpc) is 2.73. The van der Waals surface area contributed by atoms with Crippen LogP contribution in [0.25, 0.3) is 0 Å². The highest BCUT2D eigenvalue weighted by molar-refractivity contribution is 5.13. The molecule has 2 aliphatic rings. The van der Waals surface area contributed by atoms with Crippen LogP contribution in [0.1, 0.15) is 32.3 Å². The average molecular weight is 262 g/mol. The number of aliphatic hydroxyl groups is 1. The van der Waals surface area contributed by atoms with Gasteiger partial charge in [-0.2, -0.15) is 0 Å². The minimum absolute atomic E-state index is 0.0907. The summed E-state index contributed by atoms with van der Waals surface area (Å²) in [6.07, 6.45) is 1.51. The molecule has 3 nitrogen and oxygen atoms in total. The zero-order valence-corrected chi connectivity index (χ0v) is 11.6. The number of hydrogen-bond acceptors (Lipinski definition) is 3. The van der Waals surface area contributed by atoms with Crippen molar-refractivity contribution >= 4 is 0 Å². The molecule has 0 amide bonds. The summed E-state index contributed by atoms with van der Waals surface area (Å²) in [5.41, 5.74) is 1.05. The highest BCUT2D eigenvalue weighted by Gasteiger charge is 2.53. The summed E-state index contributed by atoms with van der Waals surface area (Å²) < 4.78 is 12.0. The molecule has 1 N–H and O–H groups in total. The van der Waals surface area contributed by atoms with Gasteiger partial charge in [0.1, 0.15) is 0 Å². The van der Waals surface area contributed by atoms with Crippen molar-refractivity contribution in [2.75, 3.05) is 0 Å². The zero-order valence-electron chi connectivity index (χ0n) is 11.6. The first-order chi connectivity index (χ1) is 9.07. The summed E-state index contributed by atoms with van der Waals surface area (Å²) in [7, 11) is 0. The Hall–Kier alpha value is -0.900. The van der Waals surface area contributed by atoms with E-state index in [0.717, 1.165) is 12.8 Å². The number of rotatable bonds is 3. The maximum atomic E-state index is 10.1. The van der Waals surface area contributed by atoms with E-state index in [1.807, 2.05) is 18.2 Å². The van der Waals surface area contributed by atoms with Gasteiger partial charge in [-0.25, -0.2) is 0 Å². The number of ether oxygens (including phenoxy) is 2. The van der Waals surface area contributed by atoms with Crippen molar-refractivity contribution < 1.29 is 14.6 Å². The van der Waals surface area contributed by atoms with E-state index in [1.165, 1.54) is 5.56 Å². The van der Waals surface area contributed by atoms with Crippen LogP contribution in [0, 0.1) is 5.41 Å². The van der Waals surface area contributed by atoms with E-state index in [1.54, 1.807) is 0 Å². The van der Waals surface area contributed by atoms with Crippen molar-refractivity contribution in [2.24, 2.45) is 5.41 Å². The fourth-order valence-corrected chi connectivity index (χ4v) is 3.35. The van der Waals surface area contributed by atoms with Gasteiger partial charge in [0.15, 0.2) is 0 Å². The Balaban J connectivity index is 1.68. The molecule has 2 bridgehead atoms. The number of hydrogen-bond donors (Lipinski definition) is 1. The van der Waals surface area contributed by atoms with E-state index in [2.05, 4.69) is 26.0 Å². The van der Waals surface area contributed by atoms with Gasteiger partial charge in [-0.3, -0.25) is 0 Å². The first kappa shape index (κ1) is 13.1. The third-order valence-electron chi connectivity index (χ3n) is 4.53. The summed E-state index contributed by atoms with van der Waals surface area (Å²) in [6.45, 7) is 4.90. The molecule has 1 aromatic carbocycles. The van der Waals surface area contributed by atoms with Crippen LogP contribution in [0.2, 0.25) is 0 Å². The van der Waals surface area contributed by atoms with Gasteiger partial charge in [-0.1, -0.05) is 44.2 Å². The normalized spacial score (nSPS) is 36.4. The van der Waals surface area contributed by atoms with Crippen LogP contribution in [0.15, 0.2) is 30.3 Å². The van der Waals surface area contributed by atoms with Gasteiger partial charge in [0.25, 0.3) is 0 Å². The molecule has 2 fully saturated rings. The standard InChI is InChI=1S/C16H22O3/c1-16(2)14(9-12-8-13(17)15(16)19-12)18-10-11-6-4-3-5-7-11/h3-7,12-15,17H,8-10H2,1-2H3/t12-,13+,14+,15+/m1/s1. The number of fused-ring (bicyclic) bond motifs is 2. The highest BCUT2D eigenvalue weighted by Crippen LogP contribution is 2.46. The van der Waals surface area contributed by atoms with E-state index >= 15 is 0 Å². The summed E-state index contributed by atoms with van der Waals surface area (Å²) in [5.74, 6) is 0. The largest absolute Gasteiger partial charge is 0.390 e. The van der Waals surface area contributed by atoms with Crippen molar-refractivity contribution in [1.29, 1.82) is 0 Å². The van der Waals surface area contributed by atoms with Gasteiger partial charge in [0, 0.05) is 18.3 Å². The third kappa shape index (κ3) is 2.42. The maximum absolute atomic E-state index is 10.1. The van der Waals surface area contributed by atoms with Crippen LogP contribution in [0.3, 0.4) is 0 Å². The Morgan fingerprint density at radius 1 is 1.26 bits per heavy atom. The van der Waals surface area contributed by atoms with E-state index in [9.17, 15) is 5.11 Å². The fraction of sp³-hybridized carbons (Fsp3) is 0.625. The lowest BCUT2D eigenvalue weighted by molar-refractivity contribution is -0.176. The summed E-state index contributed by atoms with van der Waals surface area (Å²) >= 11 is 0. The Kier molecular flexibility index (Phi) is 3.37. The van der Waals surface area contributed by atoms with E-state index in [4.69, 9.17) is 9.47 Å². The molecule has 104 valence electrons. The van der Waals surface area contributed by atoms with Crippen molar-refractivity contribution in [3.63, 3.8) is 0 Å². The fourth-order valence-electron chi connectivity index (χ4n) is 3.35. The van der Waals surface area contributed by atoms with Crippen LogP contribution >= 0.6 is 0 Å². The summed E-state index contributed by atoms with van der Waals surface area (Å²) in [6, 6.07) is 10.2. The first-order valence-corrected chi connectivity index (χ1v) is 7.06. The molecule has 0 saturated carbocycles. The van der Waals surface area contributed by atoms with Crippen LogP contribution in [-0.2, 0) is 16.1 Å². The molecule has 4 atom stereocenters. The minimum atomic E-state index is -0.342. The van der Waals surface area contributed by atoms with Gasteiger partial charge in [0.05, 0.1) is 31.0 Å². The molecule has 0 unspecified atom stereocenters. The van der Waals surface area contributed by atoms with E-state index < -0.39 is 0 Å². The van der Waals surface area contributed by atoms with Gasteiger partial charge < -0.3 is 14.6 Å². The maximum Gasteiger partial charge on any atom is 0.0914 e. The van der Waals surface area contributed by atoms with E-state index in [0.29, 0.717) is 6.61 Å². The molecule has 3 heteroatoms. The Labute approximate surface area is 114 Å². The predicted molar refractivity (Wildman–Crippen MR) is 72.7 cm³/mol. The van der Waals surface area contributed by atoms with Gasteiger partial charge in [-0.15, -0.1) is 0 Å². The number of benzene rings is 1. The molecule has 0 aliphatic carbocycles. The second-order valence-electron chi connectivity index (χ2n) is 6.32. The molecule has 2 aliphatic heterocycles. The first-order valence-electron chi connectivity index (χ1n) is 7.06. The number of aliphatic hydroxyl groups excluding tert-OH is 1. The van der Waals surface area contributed by atoms with Crippen molar-refractivity contribution in [2.45, 2.75) is 57.7 Å². The molecule has 2 saturated heterocycles. The molecule has 0 radical (unpaired) electrons. The Morgan fingerprint density at radius 2 is 2.00 bits per heavy atom. The topological polar surface area (TPSA) is 38.7 Å². The molecule has 19 heavy (non-hydrogen) atoms. The Bertz CT molecular complexity index is 429. The molecule has 0 aromatic heterocycles. The van der Waals surface area contributed by atoms with Crippen molar-refractivity contribution in [1.82, 2.24) is 0 Å². The zero-order chi connectivity index (χ0) is 13.5. The second-order valence-corrected chi connectivity index (χ2v) is 6.32. The van der Waals surface area contributed by atoms with Crippen LogP contribution in [0.4, 0.5) is 0 Å². The molecule has 2 heterocycles. The summed E-state index contributed by atoms with van der Waals surface area (Å²) in [5, 5.41) is 10.1. The van der Waals surface area contributed by atoms with Crippen molar-refractivity contribution in [3.8, 4) is 0 Å². The molecule has 3 rings (SSSR count). The minimum Gasteiger partial charge on any atom is -0.390 e.